The van der Waals surface area contributed by atoms with Gasteiger partial charge in [-0.05, 0) is 46.6 Å². The number of aryl methyl sites for hydroxylation is 1. The quantitative estimate of drug-likeness (QED) is 0.286. The predicted octanol–water partition coefficient (Wildman–Crippen LogP) is 6.81. The SMILES string of the molecule is CC(C)CNC(=O)C(Cc1ccccc1)N(Cc1ccccc1Cl)C(=O)CCc1ccc(C(C)C)cc1. The predicted molar refractivity (Wildman–Crippen MR) is 153 cm³/mol. The van der Waals surface area contributed by atoms with Crippen molar-refractivity contribution in [3.05, 3.63) is 106 Å². The highest BCUT2D eigenvalue weighted by atomic mass is 35.5. The number of amides is 2. The smallest absolute Gasteiger partial charge is 0.243 e. The normalized spacial score (nSPS) is 12.0. The summed E-state index contributed by atoms with van der Waals surface area (Å²) < 4.78 is 0. The van der Waals surface area contributed by atoms with E-state index in [2.05, 4.69) is 57.3 Å². The fourth-order valence-electron chi connectivity index (χ4n) is 4.25. The molecule has 0 bridgehead atoms. The first-order valence-electron chi connectivity index (χ1n) is 13.2. The summed E-state index contributed by atoms with van der Waals surface area (Å²) in [5, 5.41) is 3.65. The van der Waals surface area contributed by atoms with Crippen molar-refractivity contribution in [3.63, 3.8) is 0 Å². The molecule has 37 heavy (non-hydrogen) atoms. The van der Waals surface area contributed by atoms with E-state index in [1.165, 1.54) is 5.56 Å². The molecule has 1 atom stereocenters. The molecule has 1 N–H and O–H groups in total. The zero-order chi connectivity index (χ0) is 26.8. The lowest BCUT2D eigenvalue weighted by atomic mass is 9.99. The number of nitrogens with one attached hydrogen (secondary N) is 1. The van der Waals surface area contributed by atoms with Crippen LogP contribution in [0.15, 0.2) is 78.9 Å². The summed E-state index contributed by atoms with van der Waals surface area (Å²) in [6.07, 6.45) is 1.36. The Balaban J connectivity index is 1.88. The van der Waals surface area contributed by atoms with Crippen molar-refractivity contribution < 1.29 is 9.59 Å². The van der Waals surface area contributed by atoms with Crippen molar-refractivity contribution in [2.45, 2.75) is 65.5 Å². The first-order chi connectivity index (χ1) is 17.7. The highest BCUT2D eigenvalue weighted by molar-refractivity contribution is 6.31. The number of carbonyl (C=O) groups excluding carboxylic acids is 2. The van der Waals surface area contributed by atoms with Crippen molar-refractivity contribution >= 4 is 23.4 Å². The summed E-state index contributed by atoms with van der Waals surface area (Å²) in [5.74, 6) is 0.570. The van der Waals surface area contributed by atoms with Crippen LogP contribution in [0.25, 0.3) is 0 Å². The lowest BCUT2D eigenvalue weighted by Gasteiger charge is -2.32. The topological polar surface area (TPSA) is 49.4 Å². The van der Waals surface area contributed by atoms with Gasteiger partial charge in [0.15, 0.2) is 0 Å². The Bertz CT molecular complexity index is 1140. The highest BCUT2D eigenvalue weighted by Gasteiger charge is 2.30. The zero-order valence-electron chi connectivity index (χ0n) is 22.4. The number of nitrogens with zero attached hydrogens (tertiary/aromatic N) is 1. The maximum atomic E-state index is 13.8. The van der Waals surface area contributed by atoms with E-state index in [9.17, 15) is 9.59 Å². The van der Waals surface area contributed by atoms with Crippen LogP contribution in [0.3, 0.4) is 0 Å². The third kappa shape index (κ3) is 8.75. The van der Waals surface area contributed by atoms with Crippen LogP contribution in [0.2, 0.25) is 5.02 Å². The van der Waals surface area contributed by atoms with Crippen LogP contribution in [0.4, 0.5) is 0 Å². The minimum absolute atomic E-state index is 0.0616. The molecular weight excluding hydrogens is 480 g/mol. The number of rotatable bonds is 12. The number of benzene rings is 3. The molecule has 5 heteroatoms. The lowest BCUT2D eigenvalue weighted by molar-refractivity contribution is -0.141. The van der Waals surface area contributed by atoms with Crippen LogP contribution in [0.5, 0.6) is 0 Å². The van der Waals surface area contributed by atoms with Gasteiger partial charge in [-0.15, -0.1) is 0 Å². The molecule has 4 nitrogen and oxygen atoms in total. The molecule has 1 unspecified atom stereocenters. The van der Waals surface area contributed by atoms with E-state index < -0.39 is 6.04 Å². The molecule has 2 amide bonds. The van der Waals surface area contributed by atoms with Crippen molar-refractivity contribution in [3.8, 4) is 0 Å². The molecular formula is C32H39ClN2O2. The molecule has 0 fully saturated rings. The van der Waals surface area contributed by atoms with Crippen LogP contribution in [-0.4, -0.2) is 29.3 Å². The molecule has 3 rings (SSSR count). The van der Waals surface area contributed by atoms with Crippen molar-refractivity contribution in [1.29, 1.82) is 0 Å². The molecule has 0 heterocycles. The van der Waals surface area contributed by atoms with Gasteiger partial charge in [0.1, 0.15) is 6.04 Å². The van der Waals surface area contributed by atoms with E-state index in [4.69, 9.17) is 11.6 Å². The van der Waals surface area contributed by atoms with Crippen LogP contribution in [0.1, 0.15) is 62.3 Å². The first kappa shape index (κ1) is 28.5. The summed E-state index contributed by atoms with van der Waals surface area (Å²) in [6.45, 7) is 9.29. The average Bonchev–Trinajstić information content (AvgIpc) is 2.89. The maximum absolute atomic E-state index is 13.8. The van der Waals surface area contributed by atoms with E-state index in [-0.39, 0.29) is 18.4 Å². The Morgan fingerprint density at radius 1 is 0.838 bits per heavy atom. The first-order valence-corrected chi connectivity index (χ1v) is 13.6. The molecule has 0 saturated heterocycles. The molecule has 0 aromatic heterocycles. The fraction of sp³-hybridized carbons (Fsp3) is 0.375. The number of hydrogen-bond donors (Lipinski definition) is 1. The number of halogens is 1. The molecule has 0 saturated carbocycles. The number of carbonyl (C=O) groups is 2. The van der Waals surface area contributed by atoms with Gasteiger partial charge in [0.05, 0.1) is 0 Å². The molecule has 0 spiro atoms. The van der Waals surface area contributed by atoms with Crippen LogP contribution >= 0.6 is 11.6 Å². The largest absolute Gasteiger partial charge is 0.354 e. The molecule has 0 radical (unpaired) electrons. The monoisotopic (exact) mass is 518 g/mol. The van der Waals surface area contributed by atoms with Gasteiger partial charge in [0.2, 0.25) is 11.8 Å². The standard InChI is InChI=1S/C32H39ClN2O2/c1-23(2)21-34-32(37)30(20-26-10-6-5-7-11-26)35(22-28-12-8-9-13-29(28)33)31(36)19-16-25-14-17-27(18-15-25)24(3)4/h5-15,17-18,23-24,30H,16,19-22H2,1-4H3,(H,34,37). The van der Waals surface area contributed by atoms with Gasteiger partial charge in [-0.1, -0.05) is 112 Å². The van der Waals surface area contributed by atoms with E-state index in [0.717, 1.165) is 16.7 Å². The van der Waals surface area contributed by atoms with Crippen LogP contribution in [0, 0.1) is 5.92 Å². The van der Waals surface area contributed by atoms with Gasteiger partial charge < -0.3 is 10.2 Å². The summed E-state index contributed by atoms with van der Waals surface area (Å²) >= 11 is 6.49. The van der Waals surface area contributed by atoms with E-state index in [0.29, 0.717) is 42.7 Å². The molecule has 3 aromatic carbocycles. The molecule has 0 aliphatic rings. The van der Waals surface area contributed by atoms with Crippen molar-refractivity contribution in [2.24, 2.45) is 5.92 Å². The lowest BCUT2D eigenvalue weighted by Crippen LogP contribution is -2.51. The van der Waals surface area contributed by atoms with Gasteiger partial charge in [0, 0.05) is 31.0 Å². The van der Waals surface area contributed by atoms with Gasteiger partial charge in [-0.3, -0.25) is 9.59 Å². The van der Waals surface area contributed by atoms with Crippen molar-refractivity contribution in [1.82, 2.24) is 10.2 Å². The number of hydrogen-bond acceptors (Lipinski definition) is 2. The zero-order valence-corrected chi connectivity index (χ0v) is 23.2. The van der Waals surface area contributed by atoms with Gasteiger partial charge in [-0.2, -0.15) is 0 Å². The maximum Gasteiger partial charge on any atom is 0.243 e. The third-order valence-electron chi connectivity index (χ3n) is 6.53. The Morgan fingerprint density at radius 3 is 2.11 bits per heavy atom. The highest BCUT2D eigenvalue weighted by Crippen LogP contribution is 2.22. The van der Waals surface area contributed by atoms with Crippen LogP contribution in [-0.2, 0) is 29.0 Å². The van der Waals surface area contributed by atoms with Gasteiger partial charge in [-0.25, -0.2) is 0 Å². The van der Waals surface area contributed by atoms with E-state index >= 15 is 0 Å². The Hall–Kier alpha value is -3.11. The molecule has 0 aliphatic heterocycles. The molecule has 3 aromatic rings. The van der Waals surface area contributed by atoms with Gasteiger partial charge in [0.25, 0.3) is 0 Å². The summed E-state index contributed by atoms with van der Waals surface area (Å²) in [7, 11) is 0. The van der Waals surface area contributed by atoms with Crippen molar-refractivity contribution in [2.75, 3.05) is 6.54 Å². The second-order valence-corrected chi connectivity index (χ2v) is 10.8. The van der Waals surface area contributed by atoms with E-state index in [1.807, 2.05) is 54.6 Å². The minimum Gasteiger partial charge on any atom is -0.354 e. The molecule has 196 valence electrons. The molecule has 0 aliphatic carbocycles. The Labute approximate surface area is 227 Å². The van der Waals surface area contributed by atoms with Gasteiger partial charge >= 0.3 is 0 Å². The Kier molecular flexibility index (Phi) is 10.8. The average molecular weight is 519 g/mol. The minimum atomic E-state index is -0.645. The van der Waals surface area contributed by atoms with Crippen LogP contribution < -0.4 is 5.32 Å². The Morgan fingerprint density at radius 2 is 1.49 bits per heavy atom. The second-order valence-electron chi connectivity index (χ2n) is 10.4. The summed E-state index contributed by atoms with van der Waals surface area (Å²) in [4.78, 5) is 29.0. The summed E-state index contributed by atoms with van der Waals surface area (Å²) in [5.41, 5.74) is 4.22. The summed E-state index contributed by atoms with van der Waals surface area (Å²) in [6, 6.07) is 25.2. The van der Waals surface area contributed by atoms with E-state index in [1.54, 1.807) is 4.90 Å². The second kappa shape index (κ2) is 14.0. The fourth-order valence-corrected chi connectivity index (χ4v) is 4.45. The third-order valence-corrected chi connectivity index (χ3v) is 6.90.